The van der Waals surface area contributed by atoms with Crippen molar-refractivity contribution in [3.63, 3.8) is 0 Å². The van der Waals surface area contributed by atoms with Gasteiger partial charge in [-0.1, -0.05) is 5.21 Å². The van der Waals surface area contributed by atoms with E-state index in [1.165, 1.54) is 27.9 Å². The van der Waals surface area contributed by atoms with Gasteiger partial charge in [0.15, 0.2) is 0 Å². The second kappa shape index (κ2) is 5.94. The molecule has 0 unspecified atom stereocenters. The number of amides is 1. The molecule has 1 aromatic carbocycles. The summed E-state index contributed by atoms with van der Waals surface area (Å²) in [5.41, 5.74) is -0.332. The smallest absolute Gasteiger partial charge is 0.311 e. The average Bonchev–Trinajstić information content (AvgIpc) is 2.92. The summed E-state index contributed by atoms with van der Waals surface area (Å²) >= 11 is 0. The van der Waals surface area contributed by atoms with Crippen molar-refractivity contribution in [2.75, 3.05) is 11.4 Å². The van der Waals surface area contributed by atoms with E-state index in [-0.39, 0.29) is 12.5 Å². The number of alkyl halides is 3. The van der Waals surface area contributed by atoms with Crippen LogP contribution in [0.4, 0.5) is 18.9 Å². The molecule has 2 aromatic rings. The molecule has 112 valence electrons. The first-order valence-corrected chi connectivity index (χ1v) is 6.23. The van der Waals surface area contributed by atoms with Crippen LogP contribution in [0.2, 0.25) is 0 Å². The largest absolute Gasteiger partial charge is 0.416 e. The lowest BCUT2D eigenvalue weighted by Gasteiger charge is -2.21. The standard InChI is InChI=1S/C13H13F3N4O/c1-2-20(12(21)9-19-8-7-17-18-19)11-5-3-10(4-6-11)13(14,15)16/h3-8H,2,9H2,1H3. The maximum absolute atomic E-state index is 12.5. The summed E-state index contributed by atoms with van der Waals surface area (Å²) in [6.07, 6.45) is -1.40. The summed E-state index contributed by atoms with van der Waals surface area (Å²) in [7, 11) is 0. The number of anilines is 1. The van der Waals surface area contributed by atoms with Gasteiger partial charge in [0.1, 0.15) is 6.54 Å². The van der Waals surface area contributed by atoms with Crippen molar-refractivity contribution in [2.45, 2.75) is 19.6 Å². The van der Waals surface area contributed by atoms with E-state index in [0.29, 0.717) is 12.2 Å². The number of rotatable bonds is 4. The van der Waals surface area contributed by atoms with Crippen LogP contribution < -0.4 is 4.90 Å². The van der Waals surface area contributed by atoms with Gasteiger partial charge in [-0.15, -0.1) is 5.10 Å². The van der Waals surface area contributed by atoms with Crippen LogP contribution in [-0.2, 0) is 17.5 Å². The van der Waals surface area contributed by atoms with E-state index in [0.717, 1.165) is 12.1 Å². The summed E-state index contributed by atoms with van der Waals surface area (Å²) < 4.78 is 38.9. The van der Waals surface area contributed by atoms with Crippen LogP contribution in [0.25, 0.3) is 0 Å². The minimum atomic E-state index is -4.39. The SMILES string of the molecule is CCN(C(=O)Cn1ccnn1)c1ccc(C(F)(F)F)cc1. The van der Waals surface area contributed by atoms with Crippen LogP contribution in [0.3, 0.4) is 0 Å². The van der Waals surface area contributed by atoms with Crippen LogP contribution in [0.5, 0.6) is 0 Å². The zero-order valence-electron chi connectivity index (χ0n) is 11.2. The topological polar surface area (TPSA) is 51.0 Å². The lowest BCUT2D eigenvalue weighted by Crippen LogP contribution is -2.33. The fourth-order valence-electron chi connectivity index (χ4n) is 1.87. The van der Waals surface area contributed by atoms with E-state index in [1.807, 2.05) is 0 Å². The summed E-state index contributed by atoms with van der Waals surface area (Å²) in [5, 5.41) is 7.27. The minimum Gasteiger partial charge on any atom is -0.311 e. The van der Waals surface area contributed by atoms with Crippen LogP contribution >= 0.6 is 0 Å². The molecule has 0 atom stereocenters. The monoisotopic (exact) mass is 298 g/mol. The zero-order chi connectivity index (χ0) is 15.5. The summed E-state index contributed by atoms with van der Waals surface area (Å²) in [6, 6.07) is 4.48. The van der Waals surface area contributed by atoms with E-state index in [2.05, 4.69) is 10.3 Å². The number of hydrogen-bond donors (Lipinski definition) is 0. The lowest BCUT2D eigenvalue weighted by atomic mass is 10.2. The first kappa shape index (κ1) is 15.0. The molecular formula is C13H13F3N4O. The molecule has 0 fully saturated rings. The van der Waals surface area contributed by atoms with Gasteiger partial charge in [0.2, 0.25) is 5.91 Å². The van der Waals surface area contributed by atoms with Gasteiger partial charge in [0.25, 0.3) is 0 Å². The number of likely N-dealkylation sites (N-methyl/N-ethyl adjacent to an activating group) is 1. The molecule has 0 aliphatic carbocycles. The molecule has 0 radical (unpaired) electrons. The van der Waals surface area contributed by atoms with Crippen LogP contribution in [0.15, 0.2) is 36.7 Å². The molecule has 0 aliphatic rings. The third kappa shape index (κ3) is 3.59. The fourth-order valence-corrected chi connectivity index (χ4v) is 1.87. The van der Waals surface area contributed by atoms with Gasteiger partial charge in [-0.2, -0.15) is 13.2 Å². The molecule has 1 amide bonds. The van der Waals surface area contributed by atoms with E-state index >= 15 is 0 Å². The van der Waals surface area contributed by atoms with E-state index in [4.69, 9.17) is 0 Å². The van der Waals surface area contributed by atoms with Crippen LogP contribution in [0, 0.1) is 0 Å². The Balaban J connectivity index is 2.15. The maximum Gasteiger partial charge on any atom is 0.416 e. The van der Waals surface area contributed by atoms with E-state index < -0.39 is 11.7 Å². The van der Waals surface area contributed by atoms with Gasteiger partial charge in [-0.05, 0) is 31.2 Å². The Labute approximate surface area is 119 Å². The van der Waals surface area contributed by atoms with Crippen molar-refractivity contribution in [3.05, 3.63) is 42.2 Å². The third-order valence-corrected chi connectivity index (χ3v) is 2.89. The first-order chi connectivity index (χ1) is 9.91. The Bertz CT molecular complexity index is 593. The Hall–Kier alpha value is -2.38. The number of halogens is 3. The van der Waals surface area contributed by atoms with Gasteiger partial charge in [-0.25, -0.2) is 4.68 Å². The predicted molar refractivity (Wildman–Crippen MR) is 69.5 cm³/mol. The molecule has 21 heavy (non-hydrogen) atoms. The number of aromatic nitrogens is 3. The van der Waals surface area contributed by atoms with Gasteiger partial charge in [0, 0.05) is 18.4 Å². The molecule has 0 aliphatic heterocycles. The van der Waals surface area contributed by atoms with Crippen molar-refractivity contribution in [1.82, 2.24) is 15.0 Å². The Kier molecular flexibility index (Phi) is 4.25. The predicted octanol–water partition coefficient (Wildman–Crippen LogP) is 2.35. The highest BCUT2D eigenvalue weighted by atomic mass is 19.4. The normalized spacial score (nSPS) is 11.4. The highest BCUT2D eigenvalue weighted by Crippen LogP contribution is 2.30. The van der Waals surface area contributed by atoms with Crippen molar-refractivity contribution in [1.29, 1.82) is 0 Å². The molecule has 8 heteroatoms. The van der Waals surface area contributed by atoms with Gasteiger partial charge < -0.3 is 4.90 Å². The number of nitrogens with zero attached hydrogens (tertiary/aromatic N) is 4. The zero-order valence-corrected chi connectivity index (χ0v) is 11.2. The van der Waals surface area contributed by atoms with E-state index in [1.54, 1.807) is 13.1 Å². The van der Waals surface area contributed by atoms with Crippen molar-refractivity contribution in [3.8, 4) is 0 Å². The average molecular weight is 298 g/mol. The van der Waals surface area contributed by atoms with E-state index in [9.17, 15) is 18.0 Å². The van der Waals surface area contributed by atoms with Gasteiger partial charge in [0.05, 0.1) is 11.8 Å². The third-order valence-electron chi connectivity index (χ3n) is 2.89. The maximum atomic E-state index is 12.5. The van der Waals surface area contributed by atoms with Crippen LogP contribution in [0.1, 0.15) is 12.5 Å². The Morgan fingerprint density at radius 3 is 2.43 bits per heavy atom. The molecule has 0 saturated carbocycles. The Morgan fingerprint density at radius 1 is 1.29 bits per heavy atom. The summed E-state index contributed by atoms with van der Waals surface area (Å²) in [6.45, 7) is 2.07. The first-order valence-electron chi connectivity index (χ1n) is 6.23. The minimum absolute atomic E-state index is 0.0190. The molecule has 0 spiro atoms. The highest BCUT2D eigenvalue weighted by molar-refractivity contribution is 5.93. The molecule has 1 heterocycles. The molecular weight excluding hydrogens is 285 g/mol. The quantitative estimate of drug-likeness (QED) is 0.870. The van der Waals surface area contributed by atoms with Crippen molar-refractivity contribution in [2.24, 2.45) is 0 Å². The number of benzene rings is 1. The summed E-state index contributed by atoms with van der Waals surface area (Å²) in [4.78, 5) is 13.5. The molecule has 0 bridgehead atoms. The molecule has 5 nitrogen and oxygen atoms in total. The molecule has 0 N–H and O–H groups in total. The number of hydrogen-bond acceptors (Lipinski definition) is 3. The Morgan fingerprint density at radius 2 is 1.95 bits per heavy atom. The molecule has 2 rings (SSSR count). The second-order valence-electron chi connectivity index (χ2n) is 4.28. The van der Waals surface area contributed by atoms with Crippen LogP contribution in [-0.4, -0.2) is 27.4 Å². The number of carbonyl (C=O) groups excluding carboxylic acids is 1. The van der Waals surface area contributed by atoms with Crippen molar-refractivity contribution < 1.29 is 18.0 Å². The molecule has 1 aromatic heterocycles. The molecule has 0 saturated heterocycles. The van der Waals surface area contributed by atoms with Gasteiger partial charge in [-0.3, -0.25) is 4.79 Å². The highest BCUT2D eigenvalue weighted by Gasteiger charge is 2.30. The van der Waals surface area contributed by atoms with Crippen molar-refractivity contribution >= 4 is 11.6 Å². The number of carbonyl (C=O) groups is 1. The van der Waals surface area contributed by atoms with Gasteiger partial charge >= 0.3 is 6.18 Å². The second-order valence-corrected chi connectivity index (χ2v) is 4.28. The lowest BCUT2D eigenvalue weighted by molar-refractivity contribution is -0.137. The fraction of sp³-hybridized carbons (Fsp3) is 0.308. The summed E-state index contributed by atoms with van der Waals surface area (Å²) in [5.74, 6) is -0.275.